The van der Waals surface area contributed by atoms with E-state index in [1.54, 1.807) is 0 Å². The Morgan fingerprint density at radius 3 is 0.797 bits per heavy atom. The summed E-state index contributed by atoms with van der Waals surface area (Å²) in [4.78, 5) is 37.8. The van der Waals surface area contributed by atoms with E-state index in [0.717, 1.165) is 161 Å². The van der Waals surface area contributed by atoms with Crippen molar-refractivity contribution in [1.82, 2.24) is 0 Å². The molecule has 0 aliphatic heterocycles. The van der Waals surface area contributed by atoms with Crippen molar-refractivity contribution >= 4 is 17.9 Å². The molecule has 0 bridgehead atoms. The van der Waals surface area contributed by atoms with Crippen LogP contribution in [0.1, 0.15) is 213 Å². The van der Waals surface area contributed by atoms with Gasteiger partial charge in [0.2, 0.25) is 0 Å². The molecule has 0 heterocycles. The van der Waals surface area contributed by atoms with E-state index in [9.17, 15) is 14.4 Å². The summed E-state index contributed by atoms with van der Waals surface area (Å²) in [7, 11) is 0. The number of carbonyl (C=O) groups is 3. The van der Waals surface area contributed by atoms with Crippen LogP contribution < -0.4 is 0 Å². The summed E-state index contributed by atoms with van der Waals surface area (Å²) >= 11 is 0. The van der Waals surface area contributed by atoms with Gasteiger partial charge in [0.05, 0.1) is 0 Å². The highest BCUT2D eigenvalue weighted by atomic mass is 16.6. The molecule has 0 aliphatic carbocycles. The lowest BCUT2D eigenvalue weighted by molar-refractivity contribution is -0.167. The standard InChI is InChI=1S/C73H108O6/c1-4-7-10-13-15-17-19-21-23-25-27-29-31-32-33-34-35-36-37-38-39-40-42-43-45-47-49-51-53-55-57-60-63-66-72(75)78-69-70(68-77-71(74)65-62-59-12-9-6-3)79-73(76)67-64-61-58-56-54-52-50-48-46-44-41-30-28-26-24-22-20-18-16-14-11-8-5-2/h7-8,10-11,15-18,21-24,27-30,32-33,35-36,38-39,42-44,46-47,49-50,52-53,55-56,58,70H,4-6,9,12-14,19-20,25-26,31,34,37,40-41,45,48,51,54,57,59-69H2,1-3H3/b10-7-,11-8-,17-15-,18-16-,23-21-,24-22-,29-27-,30-28-,33-32-,36-35-,39-38-,43-42-,46-44-,49-47-,52-50-,55-53-,58-56-. The highest BCUT2D eigenvalue weighted by Crippen LogP contribution is 2.10. The second-order valence-corrected chi connectivity index (χ2v) is 19.1. The molecule has 0 radical (unpaired) electrons. The molecule has 6 nitrogen and oxygen atoms in total. The molecule has 0 saturated carbocycles. The van der Waals surface area contributed by atoms with Crippen LogP contribution >= 0.6 is 0 Å². The van der Waals surface area contributed by atoms with Crippen LogP contribution in [0.2, 0.25) is 0 Å². The maximum atomic E-state index is 12.8. The zero-order valence-corrected chi connectivity index (χ0v) is 49.8. The van der Waals surface area contributed by atoms with E-state index in [1.807, 2.05) is 0 Å². The minimum atomic E-state index is -0.836. The number of carbonyl (C=O) groups excluding carboxylic acids is 3. The third kappa shape index (κ3) is 62.7. The zero-order chi connectivity index (χ0) is 57.1. The number of ether oxygens (including phenoxy) is 3. The Morgan fingerprint density at radius 1 is 0.266 bits per heavy atom. The van der Waals surface area contributed by atoms with Gasteiger partial charge in [-0.1, -0.05) is 253 Å². The average molecular weight is 1080 g/mol. The summed E-state index contributed by atoms with van der Waals surface area (Å²) in [5.41, 5.74) is 0. The fourth-order valence-electron chi connectivity index (χ4n) is 7.28. The van der Waals surface area contributed by atoms with Crippen LogP contribution in [0.5, 0.6) is 0 Å². The molecule has 0 N–H and O–H groups in total. The van der Waals surface area contributed by atoms with E-state index < -0.39 is 12.1 Å². The third-order valence-corrected chi connectivity index (χ3v) is 11.8. The van der Waals surface area contributed by atoms with Crippen LogP contribution in [-0.4, -0.2) is 37.2 Å². The fourth-order valence-corrected chi connectivity index (χ4v) is 7.28. The van der Waals surface area contributed by atoms with E-state index >= 15 is 0 Å². The van der Waals surface area contributed by atoms with Gasteiger partial charge in [0, 0.05) is 19.3 Å². The predicted molar refractivity (Wildman–Crippen MR) is 343 cm³/mol. The Morgan fingerprint density at radius 2 is 0.506 bits per heavy atom. The van der Waals surface area contributed by atoms with Gasteiger partial charge in [0.1, 0.15) is 13.2 Å². The Hall–Kier alpha value is -6.01. The van der Waals surface area contributed by atoms with Crippen molar-refractivity contribution in [3.05, 3.63) is 207 Å². The van der Waals surface area contributed by atoms with Gasteiger partial charge < -0.3 is 14.2 Å². The SMILES string of the molecule is CC/C=C\C/C=C\C/C=C\C/C=C\C/C=C\C/C=C\C/C=C\C/C=C\C/C=C\C/C=C\CCCCC(=O)OCC(COC(=O)CCCCCCC)OC(=O)CCC/C=C\C/C=C\C/C=C\C/C=C\C/C=C\C/C=C\C/C=C\CC. The van der Waals surface area contributed by atoms with E-state index in [4.69, 9.17) is 14.2 Å². The second-order valence-electron chi connectivity index (χ2n) is 19.1. The van der Waals surface area contributed by atoms with Gasteiger partial charge in [0.25, 0.3) is 0 Å². The summed E-state index contributed by atoms with van der Waals surface area (Å²) in [6, 6.07) is 0. The van der Waals surface area contributed by atoms with Crippen LogP contribution in [0.15, 0.2) is 207 Å². The summed E-state index contributed by atoms with van der Waals surface area (Å²) < 4.78 is 16.6. The van der Waals surface area contributed by atoms with E-state index in [1.165, 1.54) is 0 Å². The number of rotatable bonds is 52. The summed E-state index contributed by atoms with van der Waals surface area (Å²) in [6.45, 7) is 6.21. The highest BCUT2D eigenvalue weighted by molar-refractivity contribution is 5.71. The van der Waals surface area contributed by atoms with Gasteiger partial charge in [-0.05, 0) is 148 Å². The normalized spacial score (nSPS) is 13.6. The van der Waals surface area contributed by atoms with Gasteiger partial charge in [0.15, 0.2) is 6.10 Å². The molecule has 1 atom stereocenters. The van der Waals surface area contributed by atoms with Gasteiger partial charge in [-0.3, -0.25) is 14.4 Å². The first-order valence-electron chi connectivity index (χ1n) is 30.6. The lowest BCUT2D eigenvalue weighted by Gasteiger charge is -2.18. The van der Waals surface area contributed by atoms with Crippen molar-refractivity contribution in [2.45, 2.75) is 219 Å². The maximum absolute atomic E-state index is 12.8. The first-order valence-corrected chi connectivity index (χ1v) is 30.6. The summed E-state index contributed by atoms with van der Waals surface area (Å²) in [6.07, 6.45) is 100. The van der Waals surface area contributed by atoms with Crippen molar-refractivity contribution < 1.29 is 28.6 Å². The van der Waals surface area contributed by atoms with Gasteiger partial charge >= 0.3 is 17.9 Å². The molecule has 0 saturated heterocycles. The smallest absolute Gasteiger partial charge is 0.306 e. The Balaban J connectivity index is 4.31. The van der Waals surface area contributed by atoms with Crippen molar-refractivity contribution in [1.29, 1.82) is 0 Å². The number of hydrogen-bond donors (Lipinski definition) is 0. The zero-order valence-electron chi connectivity index (χ0n) is 49.8. The topological polar surface area (TPSA) is 78.9 Å². The predicted octanol–water partition coefficient (Wildman–Crippen LogP) is 21.2. The molecule has 0 aliphatic rings. The highest BCUT2D eigenvalue weighted by Gasteiger charge is 2.19. The molecular weight excluding hydrogens is 973 g/mol. The molecule has 0 aromatic rings. The fraction of sp³-hybridized carbons (Fsp3) is 0.493. The summed E-state index contributed by atoms with van der Waals surface area (Å²) in [5.74, 6) is -1.06. The molecule has 436 valence electrons. The van der Waals surface area contributed by atoms with Crippen LogP contribution in [0.25, 0.3) is 0 Å². The number of esters is 3. The van der Waals surface area contributed by atoms with Crippen LogP contribution in [0.4, 0.5) is 0 Å². The van der Waals surface area contributed by atoms with Crippen molar-refractivity contribution in [2.75, 3.05) is 13.2 Å². The monoisotopic (exact) mass is 1080 g/mol. The Labute approximate surface area is 483 Å². The van der Waals surface area contributed by atoms with Crippen molar-refractivity contribution in [3.63, 3.8) is 0 Å². The second kappa shape index (κ2) is 64.5. The molecule has 79 heavy (non-hydrogen) atoms. The number of hydrogen-bond acceptors (Lipinski definition) is 6. The summed E-state index contributed by atoms with van der Waals surface area (Å²) in [5, 5.41) is 0. The lowest BCUT2D eigenvalue weighted by Crippen LogP contribution is -2.30. The van der Waals surface area contributed by atoms with Crippen molar-refractivity contribution in [3.8, 4) is 0 Å². The molecule has 0 aromatic carbocycles. The first-order chi connectivity index (χ1) is 39.0. The van der Waals surface area contributed by atoms with Crippen molar-refractivity contribution in [2.24, 2.45) is 0 Å². The molecule has 1 unspecified atom stereocenters. The first kappa shape index (κ1) is 73.0. The van der Waals surface area contributed by atoms with Crippen LogP contribution in [-0.2, 0) is 28.6 Å². The van der Waals surface area contributed by atoms with Crippen LogP contribution in [0.3, 0.4) is 0 Å². The van der Waals surface area contributed by atoms with E-state index in [2.05, 4.69) is 227 Å². The molecule has 0 rings (SSSR count). The molecular formula is C73H108O6. The van der Waals surface area contributed by atoms with Gasteiger partial charge in [-0.15, -0.1) is 0 Å². The lowest BCUT2D eigenvalue weighted by atomic mass is 10.1. The Kier molecular flexibility index (Phi) is 59.6. The molecule has 0 aromatic heterocycles. The van der Waals surface area contributed by atoms with Gasteiger partial charge in [-0.2, -0.15) is 0 Å². The molecule has 6 heteroatoms. The van der Waals surface area contributed by atoms with E-state index in [0.29, 0.717) is 19.3 Å². The van der Waals surface area contributed by atoms with E-state index in [-0.39, 0.29) is 38.0 Å². The largest absolute Gasteiger partial charge is 0.462 e. The molecule has 0 fully saturated rings. The average Bonchev–Trinajstić information content (AvgIpc) is 3.45. The molecule has 0 amide bonds. The van der Waals surface area contributed by atoms with Gasteiger partial charge in [-0.25, -0.2) is 0 Å². The third-order valence-electron chi connectivity index (χ3n) is 11.8. The number of allylic oxidation sites excluding steroid dienone is 34. The Bertz CT molecular complexity index is 1960. The minimum Gasteiger partial charge on any atom is -0.462 e. The minimum absolute atomic E-state index is 0.127. The van der Waals surface area contributed by atoms with Crippen LogP contribution in [0, 0.1) is 0 Å². The number of unbranched alkanes of at least 4 members (excludes halogenated alkanes) is 7. The molecule has 0 spiro atoms. The quantitative estimate of drug-likeness (QED) is 0.0261. The maximum Gasteiger partial charge on any atom is 0.306 e.